The van der Waals surface area contributed by atoms with Gasteiger partial charge in [-0.2, -0.15) is 5.10 Å². The molecule has 19 heavy (non-hydrogen) atoms. The smallest absolute Gasteiger partial charge is 0.0700 e. The lowest BCUT2D eigenvalue weighted by Gasteiger charge is -2.19. The molecule has 1 aromatic carbocycles. The normalized spacial score (nSPS) is 11.9. The van der Waals surface area contributed by atoms with Crippen LogP contribution in [0.1, 0.15) is 30.8 Å². The van der Waals surface area contributed by atoms with Crippen molar-refractivity contribution in [1.29, 1.82) is 0 Å². The highest BCUT2D eigenvalue weighted by molar-refractivity contribution is 9.10. The molecule has 102 valence electrons. The van der Waals surface area contributed by atoms with Crippen molar-refractivity contribution in [3.63, 3.8) is 0 Å². The summed E-state index contributed by atoms with van der Waals surface area (Å²) >= 11 is 3.52. The van der Waals surface area contributed by atoms with Crippen LogP contribution in [0.3, 0.4) is 0 Å². The Balaban J connectivity index is 2.49. The van der Waals surface area contributed by atoms with E-state index < -0.39 is 0 Å². The lowest BCUT2D eigenvalue weighted by molar-refractivity contribution is 0.515. The van der Waals surface area contributed by atoms with Gasteiger partial charge in [0.15, 0.2) is 0 Å². The van der Waals surface area contributed by atoms with Crippen molar-refractivity contribution >= 4 is 15.9 Å². The molecule has 0 saturated carbocycles. The second-order valence-electron chi connectivity index (χ2n) is 5.60. The van der Waals surface area contributed by atoms with E-state index in [1.165, 1.54) is 5.56 Å². The van der Waals surface area contributed by atoms with Crippen molar-refractivity contribution in [1.82, 2.24) is 9.78 Å². The summed E-state index contributed by atoms with van der Waals surface area (Å²) in [5.74, 6) is 0. The Kier molecular flexibility index (Phi) is 3.83. The van der Waals surface area contributed by atoms with E-state index >= 15 is 0 Å². The summed E-state index contributed by atoms with van der Waals surface area (Å²) < 4.78 is 3.09. The summed E-state index contributed by atoms with van der Waals surface area (Å²) in [4.78, 5) is 0. The molecule has 0 radical (unpaired) electrons. The molecule has 0 fully saturated rings. The van der Waals surface area contributed by atoms with Crippen molar-refractivity contribution < 1.29 is 0 Å². The van der Waals surface area contributed by atoms with Gasteiger partial charge in [-0.15, -0.1) is 0 Å². The van der Waals surface area contributed by atoms with Crippen LogP contribution >= 0.6 is 15.9 Å². The van der Waals surface area contributed by atoms with Gasteiger partial charge in [0.2, 0.25) is 0 Å². The van der Waals surface area contributed by atoms with Crippen molar-refractivity contribution in [2.45, 2.75) is 33.1 Å². The molecule has 0 saturated heterocycles. The Morgan fingerprint density at radius 1 is 1.26 bits per heavy atom. The zero-order valence-electron chi connectivity index (χ0n) is 11.9. The average Bonchev–Trinajstić information content (AvgIpc) is 2.76. The Morgan fingerprint density at radius 3 is 2.53 bits per heavy atom. The van der Waals surface area contributed by atoms with Crippen molar-refractivity contribution in [3.05, 3.63) is 45.7 Å². The number of hydrogen-bond acceptors (Lipinski definition) is 2. The van der Waals surface area contributed by atoms with E-state index in [4.69, 9.17) is 10.8 Å². The summed E-state index contributed by atoms with van der Waals surface area (Å²) in [7, 11) is 0. The molecular formula is C15H20BrN3. The minimum Gasteiger partial charge on any atom is -0.330 e. The van der Waals surface area contributed by atoms with E-state index in [2.05, 4.69) is 67.9 Å². The van der Waals surface area contributed by atoms with Crippen LogP contribution in [-0.2, 0) is 5.41 Å². The Morgan fingerprint density at radius 2 is 1.95 bits per heavy atom. The fourth-order valence-corrected chi connectivity index (χ4v) is 2.18. The molecule has 1 heterocycles. The molecule has 2 N–H and O–H groups in total. The van der Waals surface area contributed by atoms with Crippen LogP contribution in [0, 0.1) is 13.8 Å². The number of aryl methyl sites for hydroxylation is 2. The summed E-state index contributed by atoms with van der Waals surface area (Å²) in [6, 6.07) is 8.36. The number of halogens is 1. The number of aromatic nitrogens is 2. The average molecular weight is 322 g/mol. The fourth-order valence-electron chi connectivity index (χ4n) is 1.93. The van der Waals surface area contributed by atoms with Crippen LogP contribution < -0.4 is 5.73 Å². The lowest BCUT2D eigenvalue weighted by Crippen LogP contribution is -2.28. The van der Waals surface area contributed by atoms with Gasteiger partial charge in [-0.3, -0.25) is 0 Å². The van der Waals surface area contributed by atoms with Crippen molar-refractivity contribution in [3.8, 4) is 5.69 Å². The summed E-state index contributed by atoms with van der Waals surface area (Å²) in [6.07, 6.45) is 0. The standard InChI is InChI=1S/C15H20BrN3/c1-10-7-12(5-6-13(10)16)19-11(2)8-14(18-19)15(3,4)9-17/h5-8H,9,17H2,1-4H3. The zero-order chi connectivity index (χ0) is 14.2. The van der Waals surface area contributed by atoms with E-state index in [0.29, 0.717) is 6.54 Å². The quantitative estimate of drug-likeness (QED) is 0.940. The monoisotopic (exact) mass is 321 g/mol. The highest BCUT2D eigenvalue weighted by atomic mass is 79.9. The van der Waals surface area contributed by atoms with E-state index in [0.717, 1.165) is 21.5 Å². The minimum atomic E-state index is -0.0968. The van der Waals surface area contributed by atoms with Crippen LogP contribution in [0.4, 0.5) is 0 Å². The lowest BCUT2D eigenvalue weighted by atomic mass is 9.90. The molecular weight excluding hydrogens is 302 g/mol. The first-order valence-electron chi connectivity index (χ1n) is 6.39. The van der Waals surface area contributed by atoms with Crippen LogP contribution in [0.15, 0.2) is 28.7 Å². The molecule has 0 aliphatic rings. The molecule has 0 amide bonds. The van der Waals surface area contributed by atoms with E-state index in [9.17, 15) is 0 Å². The summed E-state index contributed by atoms with van der Waals surface area (Å²) in [5.41, 5.74) is 10.2. The third kappa shape index (κ3) is 2.74. The first kappa shape index (κ1) is 14.3. The Bertz CT molecular complexity index is 599. The molecule has 2 rings (SSSR count). The van der Waals surface area contributed by atoms with Crippen molar-refractivity contribution in [2.75, 3.05) is 6.54 Å². The maximum atomic E-state index is 5.82. The molecule has 4 heteroatoms. The van der Waals surface area contributed by atoms with Crippen molar-refractivity contribution in [2.24, 2.45) is 5.73 Å². The summed E-state index contributed by atoms with van der Waals surface area (Å²) in [6.45, 7) is 8.97. The van der Waals surface area contributed by atoms with Gasteiger partial charge in [0.1, 0.15) is 0 Å². The predicted octanol–water partition coefficient (Wildman–Crippen LogP) is 3.49. The molecule has 3 nitrogen and oxygen atoms in total. The molecule has 2 aromatic rings. The number of rotatable bonds is 3. The largest absolute Gasteiger partial charge is 0.330 e. The topological polar surface area (TPSA) is 43.8 Å². The number of benzene rings is 1. The number of nitrogens with two attached hydrogens (primary N) is 1. The second kappa shape index (κ2) is 5.10. The van der Waals surface area contributed by atoms with Gasteiger partial charge < -0.3 is 5.73 Å². The number of nitrogens with zero attached hydrogens (tertiary/aromatic N) is 2. The second-order valence-corrected chi connectivity index (χ2v) is 6.46. The predicted molar refractivity (Wildman–Crippen MR) is 82.8 cm³/mol. The molecule has 0 unspecified atom stereocenters. The molecule has 0 bridgehead atoms. The highest BCUT2D eigenvalue weighted by Crippen LogP contribution is 2.24. The van der Waals surface area contributed by atoms with Gasteiger partial charge in [-0.25, -0.2) is 4.68 Å². The molecule has 1 aromatic heterocycles. The van der Waals surface area contributed by atoms with Crippen LogP contribution in [0.2, 0.25) is 0 Å². The zero-order valence-corrected chi connectivity index (χ0v) is 13.5. The van der Waals surface area contributed by atoms with E-state index in [1.807, 2.05) is 4.68 Å². The highest BCUT2D eigenvalue weighted by Gasteiger charge is 2.23. The van der Waals surface area contributed by atoms with Gasteiger partial charge in [-0.05, 0) is 43.7 Å². The Hall–Kier alpha value is -1.13. The van der Waals surface area contributed by atoms with Gasteiger partial charge in [0.25, 0.3) is 0 Å². The van der Waals surface area contributed by atoms with E-state index in [1.54, 1.807) is 0 Å². The SMILES string of the molecule is Cc1cc(-n2nc(C(C)(C)CN)cc2C)ccc1Br. The fraction of sp³-hybridized carbons (Fsp3) is 0.400. The van der Waals surface area contributed by atoms with Gasteiger partial charge in [0.05, 0.1) is 11.4 Å². The molecule has 0 atom stereocenters. The van der Waals surface area contributed by atoms with E-state index in [-0.39, 0.29) is 5.41 Å². The van der Waals surface area contributed by atoms with Crippen LogP contribution in [0.5, 0.6) is 0 Å². The van der Waals surface area contributed by atoms with Gasteiger partial charge in [-0.1, -0.05) is 29.8 Å². The third-order valence-electron chi connectivity index (χ3n) is 3.48. The minimum absolute atomic E-state index is 0.0968. The maximum absolute atomic E-state index is 5.82. The first-order chi connectivity index (χ1) is 8.85. The van der Waals surface area contributed by atoms with Gasteiger partial charge >= 0.3 is 0 Å². The maximum Gasteiger partial charge on any atom is 0.0700 e. The molecule has 0 aliphatic carbocycles. The Labute approximate surface area is 122 Å². The molecule has 0 aliphatic heterocycles. The number of hydrogen-bond donors (Lipinski definition) is 1. The van der Waals surface area contributed by atoms with Crippen LogP contribution in [-0.4, -0.2) is 16.3 Å². The molecule has 0 spiro atoms. The third-order valence-corrected chi connectivity index (χ3v) is 4.37. The first-order valence-corrected chi connectivity index (χ1v) is 7.18. The van der Waals surface area contributed by atoms with Gasteiger partial charge in [0, 0.05) is 22.1 Å². The summed E-state index contributed by atoms with van der Waals surface area (Å²) in [5, 5.41) is 4.71. The van der Waals surface area contributed by atoms with Crippen LogP contribution in [0.25, 0.3) is 5.69 Å².